The molecule has 2 aromatic carbocycles. The normalized spacial score (nSPS) is 15.9. The fraction of sp³-hybridized carbons (Fsp3) is 0.150. The predicted molar refractivity (Wildman–Crippen MR) is 101 cm³/mol. The number of nitrogens with one attached hydrogen (secondary N) is 1. The van der Waals surface area contributed by atoms with E-state index in [4.69, 9.17) is 23.2 Å². The molecule has 1 unspecified atom stereocenters. The Hall–Kier alpha value is -2.14. The van der Waals surface area contributed by atoms with E-state index in [1.807, 2.05) is 29.0 Å². The van der Waals surface area contributed by atoms with Crippen LogP contribution in [0.25, 0.3) is 5.69 Å². The van der Waals surface area contributed by atoms with E-state index in [1.165, 1.54) is 6.07 Å². The van der Waals surface area contributed by atoms with Crippen molar-refractivity contribution in [2.75, 3.05) is 0 Å². The van der Waals surface area contributed by atoms with E-state index in [1.54, 1.807) is 18.2 Å². The molecule has 6 heteroatoms. The third kappa shape index (κ3) is 2.94. The summed E-state index contributed by atoms with van der Waals surface area (Å²) in [4.78, 5) is 10.8. The van der Waals surface area contributed by atoms with E-state index in [2.05, 4.69) is 5.32 Å². The number of hydrogen-bond donors (Lipinski definition) is 1. The summed E-state index contributed by atoms with van der Waals surface area (Å²) in [5, 5.41) is 4.66. The smallest absolute Gasteiger partial charge is 0.126 e. The first kappa shape index (κ1) is 17.3. The lowest BCUT2D eigenvalue weighted by molar-refractivity contribution is -0.107. The molecule has 4 rings (SSSR count). The van der Waals surface area contributed by atoms with Crippen LogP contribution in [0.2, 0.25) is 10.0 Å². The van der Waals surface area contributed by atoms with Gasteiger partial charge in [-0.1, -0.05) is 35.3 Å². The lowest BCUT2D eigenvalue weighted by atomic mass is 9.99. The topological polar surface area (TPSA) is 34.0 Å². The fourth-order valence-corrected chi connectivity index (χ4v) is 4.00. The average molecular weight is 389 g/mol. The molecule has 1 atom stereocenters. The van der Waals surface area contributed by atoms with Crippen molar-refractivity contribution in [3.8, 4) is 5.69 Å². The highest BCUT2D eigenvalue weighted by molar-refractivity contribution is 6.35. The molecular weight excluding hydrogens is 374 g/mol. The van der Waals surface area contributed by atoms with Crippen LogP contribution in [0, 0.1) is 5.82 Å². The quantitative estimate of drug-likeness (QED) is 0.650. The van der Waals surface area contributed by atoms with E-state index in [0.29, 0.717) is 28.4 Å². The van der Waals surface area contributed by atoms with Crippen molar-refractivity contribution in [3.63, 3.8) is 0 Å². The van der Waals surface area contributed by atoms with Gasteiger partial charge >= 0.3 is 0 Å². The van der Waals surface area contributed by atoms with Gasteiger partial charge in [-0.05, 0) is 41.5 Å². The van der Waals surface area contributed by atoms with Gasteiger partial charge in [0.1, 0.15) is 12.1 Å². The Balaban J connectivity index is 1.84. The molecule has 3 nitrogen and oxygen atoms in total. The van der Waals surface area contributed by atoms with Crippen LogP contribution in [0.15, 0.2) is 48.7 Å². The Morgan fingerprint density at radius 3 is 2.88 bits per heavy atom. The minimum absolute atomic E-state index is 0.0507. The Morgan fingerprint density at radius 1 is 1.23 bits per heavy atom. The maximum absolute atomic E-state index is 13.9. The molecule has 26 heavy (non-hydrogen) atoms. The molecule has 0 radical (unpaired) electrons. The van der Waals surface area contributed by atoms with Gasteiger partial charge in [0.05, 0.1) is 11.7 Å². The lowest BCUT2D eigenvalue weighted by Crippen LogP contribution is -2.21. The summed E-state index contributed by atoms with van der Waals surface area (Å²) in [5.41, 5.74) is 4.14. The van der Waals surface area contributed by atoms with Crippen LogP contribution in [0.5, 0.6) is 0 Å². The molecule has 1 aliphatic rings. The molecule has 0 aliphatic carbocycles. The van der Waals surface area contributed by atoms with Crippen molar-refractivity contribution in [2.24, 2.45) is 0 Å². The molecule has 3 aromatic rings. The van der Waals surface area contributed by atoms with Gasteiger partial charge in [-0.15, -0.1) is 0 Å². The van der Waals surface area contributed by atoms with Crippen molar-refractivity contribution in [1.82, 2.24) is 9.88 Å². The second-order valence-corrected chi connectivity index (χ2v) is 7.07. The van der Waals surface area contributed by atoms with Crippen LogP contribution in [0.4, 0.5) is 4.39 Å². The van der Waals surface area contributed by atoms with Crippen LogP contribution in [0.3, 0.4) is 0 Å². The Morgan fingerprint density at radius 2 is 2.08 bits per heavy atom. The molecule has 0 saturated carbocycles. The number of halogens is 3. The maximum atomic E-state index is 13.9. The molecule has 1 N–H and O–H groups in total. The van der Waals surface area contributed by atoms with Gasteiger partial charge < -0.3 is 14.7 Å². The van der Waals surface area contributed by atoms with Gasteiger partial charge in [-0.3, -0.25) is 0 Å². The van der Waals surface area contributed by atoms with Crippen molar-refractivity contribution in [2.45, 2.75) is 19.0 Å². The Bertz CT molecular complexity index is 999. The summed E-state index contributed by atoms with van der Waals surface area (Å²) < 4.78 is 16.0. The molecular formula is C20H15Cl2FN2O. The predicted octanol–water partition coefficient (Wildman–Crippen LogP) is 4.86. The highest BCUT2D eigenvalue weighted by Crippen LogP contribution is 2.35. The minimum atomic E-state index is -0.372. The first-order chi connectivity index (χ1) is 12.6. The summed E-state index contributed by atoms with van der Waals surface area (Å²) in [7, 11) is 0. The van der Waals surface area contributed by atoms with Crippen LogP contribution in [-0.4, -0.2) is 10.9 Å². The number of nitrogens with zero attached hydrogens (tertiary/aromatic N) is 1. The van der Waals surface area contributed by atoms with Crippen LogP contribution >= 0.6 is 23.2 Å². The van der Waals surface area contributed by atoms with Gasteiger partial charge in [0, 0.05) is 40.5 Å². The third-order valence-corrected chi connectivity index (χ3v) is 5.22. The van der Waals surface area contributed by atoms with Crippen molar-refractivity contribution in [3.05, 3.63) is 86.9 Å². The molecule has 132 valence electrons. The van der Waals surface area contributed by atoms with E-state index in [-0.39, 0.29) is 18.3 Å². The molecule has 0 spiro atoms. The summed E-state index contributed by atoms with van der Waals surface area (Å²) in [6.07, 6.45) is 2.72. The second kappa shape index (κ2) is 6.88. The van der Waals surface area contributed by atoms with E-state index < -0.39 is 0 Å². The van der Waals surface area contributed by atoms with E-state index in [9.17, 15) is 9.18 Å². The molecule has 0 bridgehead atoms. The number of benzene rings is 2. The van der Waals surface area contributed by atoms with Crippen LogP contribution < -0.4 is 5.32 Å². The van der Waals surface area contributed by atoms with Gasteiger partial charge in [-0.25, -0.2) is 4.39 Å². The number of carbonyl (C=O) groups is 1. The number of carbonyl (C=O) groups excluding carboxylic acids is 1. The fourth-order valence-electron chi connectivity index (χ4n) is 3.45. The van der Waals surface area contributed by atoms with Crippen molar-refractivity contribution >= 4 is 29.5 Å². The van der Waals surface area contributed by atoms with E-state index >= 15 is 0 Å². The second-order valence-electron chi connectivity index (χ2n) is 6.22. The van der Waals surface area contributed by atoms with Crippen LogP contribution in [0.1, 0.15) is 28.4 Å². The first-order valence-electron chi connectivity index (χ1n) is 8.19. The maximum Gasteiger partial charge on any atom is 0.126 e. The zero-order chi connectivity index (χ0) is 18.3. The van der Waals surface area contributed by atoms with Crippen LogP contribution in [-0.2, 0) is 17.8 Å². The highest BCUT2D eigenvalue weighted by atomic mass is 35.5. The highest BCUT2D eigenvalue weighted by Gasteiger charge is 2.25. The number of aldehydes is 1. The Labute approximate surface area is 160 Å². The minimum Gasteiger partial charge on any atom is -0.319 e. The monoisotopic (exact) mass is 388 g/mol. The standard InChI is InChI=1S/C20H15Cl2FN2O/c21-14-9-16(22)15-11-24-20(18-2-1-6-25(18)19(15)10-14)13-3-4-17(23)12(8-13)5-7-26/h1-4,6-10,20,24H,5,11H2. The first-order valence-corrected chi connectivity index (χ1v) is 8.95. The lowest BCUT2D eigenvalue weighted by Gasteiger charge is -2.19. The molecule has 0 amide bonds. The van der Waals surface area contributed by atoms with Crippen molar-refractivity contribution in [1.29, 1.82) is 0 Å². The zero-order valence-electron chi connectivity index (χ0n) is 13.7. The third-order valence-electron chi connectivity index (χ3n) is 4.66. The number of aromatic nitrogens is 1. The molecule has 1 aromatic heterocycles. The molecule has 0 fully saturated rings. The molecule has 2 heterocycles. The number of rotatable bonds is 3. The molecule has 0 saturated heterocycles. The van der Waals surface area contributed by atoms with Gasteiger partial charge in [0.25, 0.3) is 0 Å². The van der Waals surface area contributed by atoms with Gasteiger partial charge in [0.2, 0.25) is 0 Å². The van der Waals surface area contributed by atoms with Crippen molar-refractivity contribution < 1.29 is 9.18 Å². The number of fused-ring (bicyclic) bond motifs is 3. The number of hydrogen-bond acceptors (Lipinski definition) is 2. The van der Waals surface area contributed by atoms with E-state index in [0.717, 1.165) is 22.5 Å². The summed E-state index contributed by atoms with van der Waals surface area (Å²) in [6.45, 7) is 0.540. The summed E-state index contributed by atoms with van der Waals surface area (Å²) in [5.74, 6) is -0.372. The van der Waals surface area contributed by atoms with Gasteiger partial charge in [0.15, 0.2) is 0 Å². The SMILES string of the molecule is O=CCc1cc(C2NCc3c(Cl)cc(Cl)cc3-n3cccc32)ccc1F. The largest absolute Gasteiger partial charge is 0.319 e. The summed E-state index contributed by atoms with van der Waals surface area (Å²) >= 11 is 12.6. The Kier molecular flexibility index (Phi) is 4.57. The summed E-state index contributed by atoms with van der Waals surface area (Å²) in [6, 6.07) is 12.3. The van der Waals surface area contributed by atoms with Gasteiger partial charge in [-0.2, -0.15) is 0 Å². The zero-order valence-corrected chi connectivity index (χ0v) is 15.2. The molecule has 1 aliphatic heterocycles. The average Bonchev–Trinajstić information content (AvgIpc) is 3.03.